The molecule has 0 radical (unpaired) electrons. The Kier molecular flexibility index (Phi) is 7.38. The van der Waals surface area contributed by atoms with Gasteiger partial charge in [0.15, 0.2) is 5.01 Å². The SMILES string of the molecule is COc1cc(Cl)c(-c2nc(C#C[C@@H](N)C(CC3CCC3)c3ccc(F)cc3)sc2C)cc1C. The number of hydrogen-bond donors (Lipinski definition) is 1. The van der Waals surface area contributed by atoms with Crippen LogP contribution in [0.5, 0.6) is 5.75 Å². The monoisotopic (exact) mass is 482 g/mol. The number of methoxy groups -OCH3 is 1. The van der Waals surface area contributed by atoms with Gasteiger partial charge in [-0.05, 0) is 67.5 Å². The van der Waals surface area contributed by atoms with E-state index in [0.717, 1.165) is 39.4 Å². The van der Waals surface area contributed by atoms with Gasteiger partial charge in [-0.3, -0.25) is 0 Å². The Morgan fingerprint density at radius 2 is 1.97 bits per heavy atom. The lowest BCUT2D eigenvalue weighted by Crippen LogP contribution is -2.30. The molecule has 0 saturated heterocycles. The maximum atomic E-state index is 13.5. The zero-order chi connectivity index (χ0) is 23.5. The van der Waals surface area contributed by atoms with Gasteiger partial charge in [-0.15, -0.1) is 11.3 Å². The maximum Gasteiger partial charge on any atom is 0.167 e. The molecule has 1 unspecified atom stereocenters. The topological polar surface area (TPSA) is 48.1 Å². The zero-order valence-electron chi connectivity index (χ0n) is 19.1. The highest BCUT2D eigenvalue weighted by atomic mass is 35.5. The first-order valence-electron chi connectivity index (χ1n) is 11.2. The molecule has 33 heavy (non-hydrogen) atoms. The van der Waals surface area contributed by atoms with Gasteiger partial charge < -0.3 is 10.5 Å². The summed E-state index contributed by atoms with van der Waals surface area (Å²) in [5, 5.41) is 1.31. The third-order valence-electron chi connectivity index (χ3n) is 6.43. The second-order valence-electron chi connectivity index (χ2n) is 8.71. The molecule has 1 fully saturated rings. The van der Waals surface area contributed by atoms with Crippen molar-refractivity contribution in [3.63, 3.8) is 0 Å². The van der Waals surface area contributed by atoms with Crippen LogP contribution in [0.4, 0.5) is 4.39 Å². The lowest BCUT2D eigenvalue weighted by atomic mass is 9.75. The van der Waals surface area contributed by atoms with E-state index in [1.807, 2.05) is 38.1 Å². The number of rotatable bonds is 6. The molecular weight excluding hydrogens is 455 g/mol. The maximum absolute atomic E-state index is 13.5. The minimum Gasteiger partial charge on any atom is -0.496 e. The number of halogens is 2. The summed E-state index contributed by atoms with van der Waals surface area (Å²) in [5.41, 5.74) is 10.3. The summed E-state index contributed by atoms with van der Waals surface area (Å²) in [6, 6.07) is 10.1. The van der Waals surface area contributed by atoms with Gasteiger partial charge in [0.25, 0.3) is 0 Å². The van der Waals surface area contributed by atoms with Crippen molar-refractivity contribution >= 4 is 22.9 Å². The largest absolute Gasteiger partial charge is 0.496 e. The van der Waals surface area contributed by atoms with Crippen LogP contribution in [0, 0.1) is 37.4 Å². The van der Waals surface area contributed by atoms with Crippen molar-refractivity contribution in [3.05, 3.63) is 68.2 Å². The van der Waals surface area contributed by atoms with Crippen LogP contribution in [-0.4, -0.2) is 18.1 Å². The fourth-order valence-electron chi connectivity index (χ4n) is 4.30. The molecule has 1 aliphatic rings. The zero-order valence-corrected chi connectivity index (χ0v) is 20.7. The molecule has 6 heteroatoms. The number of aryl methyl sites for hydroxylation is 2. The van der Waals surface area contributed by atoms with Gasteiger partial charge in [-0.25, -0.2) is 9.37 Å². The van der Waals surface area contributed by atoms with E-state index in [-0.39, 0.29) is 17.8 Å². The van der Waals surface area contributed by atoms with Crippen molar-refractivity contribution in [2.75, 3.05) is 7.11 Å². The van der Waals surface area contributed by atoms with Gasteiger partial charge in [0.1, 0.15) is 11.6 Å². The predicted octanol–water partition coefficient (Wildman–Crippen LogP) is 6.88. The Morgan fingerprint density at radius 3 is 2.61 bits per heavy atom. The smallest absolute Gasteiger partial charge is 0.167 e. The fourth-order valence-corrected chi connectivity index (χ4v) is 5.33. The molecule has 172 valence electrons. The second kappa shape index (κ2) is 10.3. The first kappa shape index (κ1) is 23.8. The highest BCUT2D eigenvalue weighted by Crippen LogP contribution is 2.38. The van der Waals surface area contributed by atoms with Gasteiger partial charge >= 0.3 is 0 Å². The van der Waals surface area contributed by atoms with Crippen LogP contribution >= 0.6 is 22.9 Å². The molecular formula is C27H28ClFN2OS. The normalized spacial score (nSPS) is 15.3. The first-order chi connectivity index (χ1) is 15.9. The number of nitrogens with two attached hydrogens (primary N) is 1. The molecule has 1 heterocycles. The van der Waals surface area contributed by atoms with Gasteiger partial charge in [0.05, 0.1) is 23.9 Å². The molecule has 3 nitrogen and oxygen atoms in total. The van der Waals surface area contributed by atoms with E-state index in [1.165, 1.54) is 42.7 Å². The highest BCUT2D eigenvalue weighted by Gasteiger charge is 2.26. The van der Waals surface area contributed by atoms with E-state index in [1.54, 1.807) is 7.11 Å². The molecule has 3 aromatic rings. The third-order valence-corrected chi connectivity index (χ3v) is 7.62. The average Bonchev–Trinajstić information content (AvgIpc) is 3.14. The number of ether oxygens (including phenoxy) is 1. The van der Waals surface area contributed by atoms with E-state index >= 15 is 0 Å². The van der Waals surface area contributed by atoms with E-state index in [2.05, 4.69) is 11.8 Å². The Balaban J connectivity index is 1.59. The van der Waals surface area contributed by atoms with Crippen molar-refractivity contribution in [2.45, 2.75) is 51.5 Å². The lowest BCUT2D eigenvalue weighted by molar-refractivity contribution is 0.271. The van der Waals surface area contributed by atoms with Crippen LogP contribution in [0.25, 0.3) is 11.3 Å². The summed E-state index contributed by atoms with van der Waals surface area (Å²) in [5.74, 6) is 7.68. The van der Waals surface area contributed by atoms with Crippen molar-refractivity contribution in [3.8, 4) is 28.8 Å². The molecule has 0 amide bonds. The van der Waals surface area contributed by atoms with Gasteiger partial charge in [0.2, 0.25) is 0 Å². The Morgan fingerprint density at radius 1 is 1.24 bits per heavy atom. The summed E-state index contributed by atoms with van der Waals surface area (Å²) >= 11 is 8.05. The van der Waals surface area contributed by atoms with E-state index in [9.17, 15) is 4.39 Å². The molecule has 1 aromatic heterocycles. The molecule has 2 aromatic carbocycles. The number of benzene rings is 2. The lowest BCUT2D eigenvalue weighted by Gasteiger charge is -2.31. The molecule has 4 rings (SSSR count). The average molecular weight is 483 g/mol. The molecule has 1 aliphatic carbocycles. The van der Waals surface area contributed by atoms with Crippen LogP contribution < -0.4 is 10.5 Å². The van der Waals surface area contributed by atoms with Crippen LogP contribution in [0.3, 0.4) is 0 Å². The summed E-state index contributed by atoms with van der Waals surface area (Å²) in [6.07, 6.45) is 4.71. The fraction of sp³-hybridized carbons (Fsp3) is 0.370. The van der Waals surface area contributed by atoms with Gasteiger partial charge in [0, 0.05) is 16.4 Å². The second-order valence-corrected chi connectivity index (χ2v) is 10.3. The third kappa shape index (κ3) is 5.41. The van der Waals surface area contributed by atoms with E-state index in [4.69, 9.17) is 27.1 Å². The minimum atomic E-state index is -0.351. The predicted molar refractivity (Wildman–Crippen MR) is 135 cm³/mol. The quantitative estimate of drug-likeness (QED) is 0.389. The minimum absolute atomic E-state index is 0.0719. The number of nitrogens with zero attached hydrogens (tertiary/aromatic N) is 1. The Hall–Kier alpha value is -2.39. The summed E-state index contributed by atoms with van der Waals surface area (Å²) in [4.78, 5) is 5.80. The molecule has 1 saturated carbocycles. The van der Waals surface area contributed by atoms with E-state index < -0.39 is 0 Å². The standard InChI is InChI=1S/C27H28ClFN2OS/c1-16-13-22(23(28)15-25(16)32-3)27-17(2)33-26(31-27)12-11-24(30)21(14-18-5-4-6-18)19-7-9-20(29)10-8-19/h7-10,13,15,18,21,24H,4-6,14,30H2,1-3H3/t21?,24-/m1/s1. The highest BCUT2D eigenvalue weighted by molar-refractivity contribution is 7.12. The molecule has 0 aliphatic heterocycles. The van der Waals surface area contributed by atoms with Gasteiger partial charge in [-0.2, -0.15) is 0 Å². The summed E-state index contributed by atoms with van der Waals surface area (Å²) in [7, 11) is 1.63. The van der Waals surface area contributed by atoms with Crippen LogP contribution in [0.2, 0.25) is 5.02 Å². The van der Waals surface area contributed by atoms with Crippen molar-refractivity contribution < 1.29 is 9.13 Å². The van der Waals surface area contributed by atoms with Crippen molar-refractivity contribution in [1.29, 1.82) is 0 Å². The van der Waals surface area contributed by atoms with Crippen LogP contribution in [-0.2, 0) is 0 Å². The van der Waals surface area contributed by atoms with Crippen LogP contribution in [0.1, 0.15) is 52.6 Å². The Bertz CT molecular complexity index is 1190. The molecule has 2 N–H and O–H groups in total. The number of aromatic nitrogens is 1. The van der Waals surface area contributed by atoms with Gasteiger partial charge in [-0.1, -0.05) is 48.9 Å². The van der Waals surface area contributed by atoms with Crippen LogP contribution in [0.15, 0.2) is 36.4 Å². The summed E-state index contributed by atoms with van der Waals surface area (Å²) in [6.45, 7) is 4.00. The number of hydrogen-bond acceptors (Lipinski definition) is 4. The Labute approximate surface area is 204 Å². The molecule has 0 bridgehead atoms. The first-order valence-corrected chi connectivity index (χ1v) is 12.4. The molecule has 2 atom stereocenters. The molecule has 0 spiro atoms. The van der Waals surface area contributed by atoms with Crippen molar-refractivity contribution in [2.24, 2.45) is 11.7 Å². The summed E-state index contributed by atoms with van der Waals surface area (Å²) < 4.78 is 18.8. The van der Waals surface area contributed by atoms with E-state index in [0.29, 0.717) is 15.9 Å². The van der Waals surface area contributed by atoms with Crippen molar-refractivity contribution in [1.82, 2.24) is 4.98 Å². The number of thiazole rings is 1.